The number of halogens is 1. The highest BCUT2D eigenvalue weighted by Crippen LogP contribution is 2.13. The molecule has 2 amide bonds. The van der Waals surface area contributed by atoms with Crippen LogP contribution in [0, 0.1) is 5.82 Å². The largest absolute Gasteiger partial charge is 0.455 e. The van der Waals surface area contributed by atoms with E-state index in [1.807, 2.05) is 0 Å². The molecule has 8 heteroatoms. The number of thioether (sulfide) groups is 1. The maximum atomic E-state index is 12.8. The van der Waals surface area contributed by atoms with Crippen LogP contribution in [0.4, 0.5) is 10.1 Å². The summed E-state index contributed by atoms with van der Waals surface area (Å²) >= 11 is 1.32. The summed E-state index contributed by atoms with van der Waals surface area (Å²) in [5.74, 6) is -0.880. The third kappa shape index (κ3) is 7.10. The lowest BCUT2D eigenvalue weighted by atomic mass is 10.2. The third-order valence-electron chi connectivity index (χ3n) is 3.42. The highest BCUT2D eigenvalue weighted by molar-refractivity contribution is 7.99. The van der Waals surface area contributed by atoms with Gasteiger partial charge in [-0.15, -0.1) is 11.8 Å². The zero-order valence-corrected chi connectivity index (χ0v) is 15.5. The number of benzene rings is 2. The van der Waals surface area contributed by atoms with E-state index in [4.69, 9.17) is 4.74 Å². The first kappa shape index (κ1) is 20.4. The van der Waals surface area contributed by atoms with Gasteiger partial charge >= 0.3 is 5.97 Å². The fourth-order valence-corrected chi connectivity index (χ4v) is 2.85. The normalized spacial score (nSPS) is 10.1. The van der Waals surface area contributed by atoms with Gasteiger partial charge in [0.15, 0.2) is 6.61 Å². The van der Waals surface area contributed by atoms with Crippen LogP contribution < -0.4 is 10.6 Å². The third-order valence-corrected chi connectivity index (χ3v) is 4.40. The van der Waals surface area contributed by atoms with Crippen LogP contribution in [0.15, 0.2) is 48.5 Å². The lowest BCUT2D eigenvalue weighted by molar-refractivity contribution is -0.144. The Kier molecular flexibility index (Phi) is 7.81. The number of hydrogen-bond acceptors (Lipinski definition) is 5. The molecular formula is C19H19FN2O4S. The summed E-state index contributed by atoms with van der Waals surface area (Å²) in [6, 6.07) is 12.3. The van der Waals surface area contributed by atoms with Gasteiger partial charge in [-0.05, 0) is 42.0 Å². The molecule has 142 valence electrons. The van der Waals surface area contributed by atoms with Crippen LogP contribution in [-0.4, -0.2) is 37.2 Å². The highest BCUT2D eigenvalue weighted by Gasteiger charge is 2.09. The first-order valence-electron chi connectivity index (χ1n) is 8.07. The van der Waals surface area contributed by atoms with E-state index < -0.39 is 18.5 Å². The van der Waals surface area contributed by atoms with E-state index in [1.165, 1.54) is 30.9 Å². The van der Waals surface area contributed by atoms with E-state index in [0.717, 1.165) is 5.56 Å². The molecule has 0 saturated carbocycles. The quantitative estimate of drug-likeness (QED) is 0.677. The number of amides is 2. The Hall–Kier alpha value is -2.87. The van der Waals surface area contributed by atoms with Crippen molar-refractivity contribution in [2.24, 2.45) is 0 Å². The Labute approximate surface area is 160 Å². The van der Waals surface area contributed by atoms with Crippen molar-refractivity contribution in [1.82, 2.24) is 5.32 Å². The van der Waals surface area contributed by atoms with Gasteiger partial charge in [0.2, 0.25) is 0 Å². The minimum atomic E-state index is -0.507. The predicted octanol–water partition coefficient (Wildman–Crippen LogP) is 2.60. The SMILES string of the molecule is CNC(=O)c1ccc(NC(=O)COC(=O)CSCc2ccc(F)cc2)cc1. The summed E-state index contributed by atoms with van der Waals surface area (Å²) in [5.41, 5.74) is 1.86. The van der Waals surface area contributed by atoms with Crippen LogP contribution in [0.2, 0.25) is 0 Å². The van der Waals surface area contributed by atoms with Gasteiger partial charge in [0.1, 0.15) is 5.82 Å². The molecule has 0 bridgehead atoms. The van der Waals surface area contributed by atoms with Gasteiger partial charge in [-0.25, -0.2) is 4.39 Å². The molecule has 6 nitrogen and oxygen atoms in total. The van der Waals surface area contributed by atoms with Crippen LogP contribution in [0.5, 0.6) is 0 Å². The van der Waals surface area contributed by atoms with Crippen molar-refractivity contribution in [3.05, 3.63) is 65.5 Å². The average molecular weight is 390 g/mol. The van der Waals surface area contributed by atoms with E-state index in [9.17, 15) is 18.8 Å². The number of nitrogens with one attached hydrogen (secondary N) is 2. The van der Waals surface area contributed by atoms with Gasteiger partial charge in [0.25, 0.3) is 11.8 Å². The van der Waals surface area contributed by atoms with Crippen molar-refractivity contribution in [2.75, 3.05) is 24.7 Å². The Bertz CT molecular complexity index is 794. The molecule has 0 aliphatic carbocycles. The van der Waals surface area contributed by atoms with Crippen molar-refractivity contribution >= 4 is 35.2 Å². The number of anilines is 1. The monoisotopic (exact) mass is 390 g/mol. The Balaban J connectivity index is 1.67. The Morgan fingerprint density at radius 2 is 1.70 bits per heavy atom. The molecule has 0 saturated heterocycles. The summed E-state index contributed by atoms with van der Waals surface area (Å²) in [6.45, 7) is -0.396. The van der Waals surface area contributed by atoms with E-state index >= 15 is 0 Å². The van der Waals surface area contributed by atoms with Gasteiger partial charge in [-0.3, -0.25) is 14.4 Å². The Morgan fingerprint density at radius 1 is 1.04 bits per heavy atom. The molecule has 2 N–H and O–H groups in total. The molecule has 0 unspecified atom stereocenters. The molecule has 0 radical (unpaired) electrons. The second-order valence-electron chi connectivity index (χ2n) is 5.48. The van der Waals surface area contributed by atoms with Gasteiger partial charge in [0.05, 0.1) is 5.75 Å². The standard InChI is InChI=1S/C19H19FN2O4S/c1-21-19(25)14-4-8-16(9-5-14)22-17(23)10-26-18(24)12-27-11-13-2-6-15(20)7-3-13/h2-9H,10-12H2,1H3,(H,21,25)(H,22,23). The fourth-order valence-electron chi connectivity index (χ4n) is 2.07. The maximum Gasteiger partial charge on any atom is 0.316 e. The van der Waals surface area contributed by atoms with Crippen molar-refractivity contribution in [1.29, 1.82) is 0 Å². The smallest absolute Gasteiger partial charge is 0.316 e. The molecule has 0 aliphatic heterocycles. The van der Waals surface area contributed by atoms with E-state index in [2.05, 4.69) is 10.6 Å². The minimum Gasteiger partial charge on any atom is -0.455 e. The topological polar surface area (TPSA) is 84.5 Å². The van der Waals surface area contributed by atoms with Gasteiger partial charge in [-0.2, -0.15) is 0 Å². The summed E-state index contributed by atoms with van der Waals surface area (Å²) < 4.78 is 17.7. The Morgan fingerprint density at radius 3 is 2.33 bits per heavy atom. The zero-order chi connectivity index (χ0) is 19.6. The highest BCUT2D eigenvalue weighted by atomic mass is 32.2. The maximum absolute atomic E-state index is 12.8. The molecule has 0 fully saturated rings. The van der Waals surface area contributed by atoms with Gasteiger partial charge in [0, 0.05) is 24.1 Å². The number of ether oxygens (including phenoxy) is 1. The van der Waals surface area contributed by atoms with Crippen molar-refractivity contribution in [3.63, 3.8) is 0 Å². The summed E-state index contributed by atoms with van der Waals surface area (Å²) in [7, 11) is 1.53. The second-order valence-corrected chi connectivity index (χ2v) is 6.47. The molecular weight excluding hydrogens is 371 g/mol. The molecule has 2 aromatic carbocycles. The molecule has 0 atom stereocenters. The lowest BCUT2D eigenvalue weighted by Gasteiger charge is -2.07. The minimum absolute atomic E-state index is 0.0888. The molecule has 0 spiro atoms. The van der Waals surface area contributed by atoms with E-state index in [1.54, 1.807) is 36.4 Å². The second kappa shape index (κ2) is 10.3. The molecule has 0 aromatic heterocycles. The zero-order valence-electron chi connectivity index (χ0n) is 14.7. The average Bonchev–Trinajstić information content (AvgIpc) is 2.68. The first-order chi connectivity index (χ1) is 13.0. The fraction of sp³-hybridized carbons (Fsp3) is 0.211. The van der Waals surface area contributed by atoms with Crippen LogP contribution >= 0.6 is 11.8 Å². The summed E-state index contributed by atoms with van der Waals surface area (Å²) in [5, 5.41) is 5.08. The van der Waals surface area contributed by atoms with Gasteiger partial charge in [-0.1, -0.05) is 12.1 Å². The number of carbonyl (C=O) groups excluding carboxylic acids is 3. The number of carbonyl (C=O) groups is 3. The molecule has 0 heterocycles. The molecule has 2 rings (SSSR count). The van der Waals surface area contributed by atoms with Crippen LogP contribution in [0.1, 0.15) is 15.9 Å². The number of hydrogen-bond donors (Lipinski definition) is 2. The van der Waals surface area contributed by atoms with Crippen molar-refractivity contribution in [3.8, 4) is 0 Å². The van der Waals surface area contributed by atoms with Crippen molar-refractivity contribution < 1.29 is 23.5 Å². The molecule has 27 heavy (non-hydrogen) atoms. The van der Waals surface area contributed by atoms with Crippen molar-refractivity contribution in [2.45, 2.75) is 5.75 Å². The first-order valence-corrected chi connectivity index (χ1v) is 9.23. The number of esters is 1. The van der Waals surface area contributed by atoms with Crippen LogP contribution in [0.3, 0.4) is 0 Å². The summed E-state index contributed by atoms with van der Waals surface area (Å²) in [6.07, 6.45) is 0. The summed E-state index contributed by atoms with van der Waals surface area (Å²) in [4.78, 5) is 34.9. The molecule has 2 aromatic rings. The van der Waals surface area contributed by atoms with Crippen LogP contribution in [-0.2, 0) is 20.1 Å². The van der Waals surface area contributed by atoms with E-state index in [-0.39, 0.29) is 17.5 Å². The lowest BCUT2D eigenvalue weighted by Crippen LogP contribution is -2.22. The van der Waals surface area contributed by atoms with Crippen LogP contribution in [0.25, 0.3) is 0 Å². The van der Waals surface area contributed by atoms with E-state index in [0.29, 0.717) is 17.0 Å². The number of rotatable bonds is 8. The molecule has 0 aliphatic rings. The predicted molar refractivity (Wildman–Crippen MR) is 102 cm³/mol. The van der Waals surface area contributed by atoms with Gasteiger partial charge < -0.3 is 15.4 Å².